The summed E-state index contributed by atoms with van der Waals surface area (Å²) in [6.45, 7) is 7.53. The van der Waals surface area contributed by atoms with Crippen LogP contribution in [0, 0.1) is 19.8 Å². The van der Waals surface area contributed by atoms with Gasteiger partial charge in [-0.1, -0.05) is 0 Å². The van der Waals surface area contributed by atoms with Crippen LogP contribution in [0.4, 0.5) is 0 Å². The van der Waals surface area contributed by atoms with Crippen molar-refractivity contribution in [1.29, 1.82) is 0 Å². The van der Waals surface area contributed by atoms with Crippen LogP contribution in [0.3, 0.4) is 0 Å². The molecule has 0 aliphatic carbocycles. The zero-order chi connectivity index (χ0) is 14.0. The fourth-order valence-electron chi connectivity index (χ4n) is 2.67. The van der Waals surface area contributed by atoms with Gasteiger partial charge < -0.3 is 4.90 Å². The molecule has 19 heavy (non-hydrogen) atoms. The van der Waals surface area contributed by atoms with Crippen molar-refractivity contribution in [2.75, 3.05) is 13.1 Å². The summed E-state index contributed by atoms with van der Waals surface area (Å²) in [6.07, 6.45) is 1.97. The molecule has 1 saturated heterocycles. The van der Waals surface area contributed by atoms with E-state index in [-0.39, 0.29) is 11.3 Å². The number of nitrogens with zero attached hydrogens (tertiary/aromatic N) is 2. The van der Waals surface area contributed by atoms with Crippen molar-refractivity contribution in [1.82, 2.24) is 9.88 Å². The Kier molecular flexibility index (Phi) is 4.46. The molecule has 1 amide bonds. The molecule has 104 valence electrons. The molecule has 1 aliphatic rings. The molecule has 1 atom stereocenters. The predicted molar refractivity (Wildman–Crippen MR) is 77.7 cm³/mol. The Morgan fingerprint density at radius 2 is 2.00 bits per heavy atom. The molecular formula is C15H21ClN2O. The monoisotopic (exact) mass is 280 g/mol. The van der Waals surface area contributed by atoms with Gasteiger partial charge in [0.25, 0.3) is 5.91 Å². The lowest BCUT2D eigenvalue weighted by molar-refractivity contribution is 0.0684. The van der Waals surface area contributed by atoms with E-state index in [1.54, 1.807) is 0 Å². The largest absolute Gasteiger partial charge is 0.337 e. The van der Waals surface area contributed by atoms with E-state index in [1.807, 2.05) is 37.8 Å². The van der Waals surface area contributed by atoms with Crippen LogP contribution in [-0.2, 0) is 0 Å². The second kappa shape index (κ2) is 5.91. The number of piperidine rings is 1. The first kappa shape index (κ1) is 14.3. The molecule has 0 aromatic carbocycles. The molecule has 4 heteroatoms. The molecule has 0 N–H and O–H groups in total. The molecule has 3 nitrogen and oxygen atoms in total. The summed E-state index contributed by atoms with van der Waals surface area (Å²) < 4.78 is 0. The molecule has 1 aromatic heterocycles. The highest BCUT2D eigenvalue weighted by Crippen LogP contribution is 2.24. The van der Waals surface area contributed by atoms with Gasteiger partial charge in [0, 0.05) is 24.2 Å². The first-order valence-corrected chi connectivity index (χ1v) is 7.29. The van der Waals surface area contributed by atoms with Gasteiger partial charge in [0.1, 0.15) is 5.69 Å². The van der Waals surface area contributed by atoms with Crippen molar-refractivity contribution in [3.05, 3.63) is 29.1 Å². The van der Waals surface area contributed by atoms with Crippen molar-refractivity contribution < 1.29 is 4.79 Å². The topological polar surface area (TPSA) is 33.2 Å². The van der Waals surface area contributed by atoms with Crippen LogP contribution in [0.25, 0.3) is 0 Å². The second-order valence-corrected chi connectivity index (χ2v) is 6.17. The van der Waals surface area contributed by atoms with E-state index in [9.17, 15) is 4.79 Å². The number of carbonyl (C=O) groups is 1. The molecule has 2 rings (SSSR count). The van der Waals surface area contributed by atoms with Crippen molar-refractivity contribution >= 4 is 17.5 Å². The quantitative estimate of drug-likeness (QED) is 0.780. The van der Waals surface area contributed by atoms with Gasteiger partial charge in [0.2, 0.25) is 0 Å². The van der Waals surface area contributed by atoms with Gasteiger partial charge in [0.15, 0.2) is 0 Å². The number of amides is 1. The van der Waals surface area contributed by atoms with E-state index in [0.717, 1.165) is 37.2 Å². The zero-order valence-corrected chi connectivity index (χ0v) is 12.6. The molecule has 1 aliphatic heterocycles. The number of rotatable bonds is 2. The Labute approximate surface area is 120 Å². The highest BCUT2D eigenvalue weighted by molar-refractivity contribution is 6.20. The maximum absolute atomic E-state index is 12.4. The van der Waals surface area contributed by atoms with Gasteiger partial charge in [-0.15, -0.1) is 11.6 Å². The van der Waals surface area contributed by atoms with E-state index in [4.69, 9.17) is 11.6 Å². The lowest BCUT2D eigenvalue weighted by Gasteiger charge is -2.33. The summed E-state index contributed by atoms with van der Waals surface area (Å²) >= 11 is 6.13. The normalized spacial score (nSPS) is 18.4. The SMILES string of the molecule is Cc1cc(C)nc(C(=O)N2CCC(C(C)Cl)CC2)c1. The third kappa shape index (κ3) is 3.47. The van der Waals surface area contributed by atoms with Gasteiger partial charge >= 0.3 is 0 Å². The predicted octanol–water partition coefficient (Wildman–Crippen LogP) is 3.18. The summed E-state index contributed by atoms with van der Waals surface area (Å²) in [5, 5.41) is 0.191. The molecular weight excluding hydrogens is 260 g/mol. The highest BCUT2D eigenvalue weighted by atomic mass is 35.5. The number of hydrogen-bond acceptors (Lipinski definition) is 2. The van der Waals surface area contributed by atoms with Gasteiger partial charge in [-0.05, 0) is 57.2 Å². The minimum Gasteiger partial charge on any atom is -0.337 e. The fraction of sp³-hybridized carbons (Fsp3) is 0.600. The fourth-order valence-corrected chi connectivity index (χ4v) is 2.93. The van der Waals surface area contributed by atoms with Gasteiger partial charge in [-0.2, -0.15) is 0 Å². The van der Waals surface area contributed by atoms with Crippen molar-refractivity contribution in [3.8, 4) is 0 Å². The van der Waals surface area contributed by atoms with Crippen molar-refractivity contribution in [3.63, 3.8) is 0 Å². The Balaban J connectivity index is 2.05. The molecule has 0 saturated carbocycles. The van der Waals surface area contributed by atoms with E-state index >= 15 is 0 Å². The number of hydrogen-bond donors (Lipinski definition) is 0. The Bertz CT molecular complexity index is 445. The average Bonchev–Trinajstić information content (AvgIpc) is 2.37. The third-order valence-electron chi connectivity index (χ3n) is 3.79. The van der Waals surface area contributed by atoms with Crippen LogP contribution in [0.5, 0.6) is 0 Å². The maximum atomic E-state index is 12.4. The number of pyridine rings is 1. The highest BCUT2D eigenvalue weighted by Gasteiger charge is 2.26. The lowest BCUT2D eigenvalue weighted by Crippen LogP contribution is -2.40. The number of alkyl halides is 1. The molecule has 1 aromatic rings. The van der Waals surface area contributed by atoms with Gasteiger partial charge in [-0.25, -0.2) is 4.98 Å². The number of aromatic nitrogens is 1. The Morgan fingerprint density at radius 3 is 2.53 bits per heavy atom. The zero-order valence-electron chi connectivity index (χ0n) is 11.8. The summed E-state index contributed by atoms with van der Waals surface area (Å²) in [6, 6.07) is 3.85. The van der Waals surface area contributed by atoms with Gasteiger partial charge in [-0.3, -0.25) is 4.79 Å². The first-order valence-electron chi connectivity index (χ1n) is 6.86. The molecule has 1 fully saturated rings. The van der Waals surface area contributed by atoms with Crippen LogP contribution in [-0.4, -0.2) is 34.3 Å². The number of halogens is 1. The molecule has 1 unspecified atom stereocenters. The van der Waals surface area contributed by atoms with E-state index in [1.165, 1.54) is 0 Å². The molecule has 0 bridgehead atoms. The molecule has 0 spiro atoms. The van der Waals surface area contributed by atoms with Crippen molar-refractivity contribution in [2.24, 2.45) is 5.92 Å². The van der Waals surface area contributed by atoms with Crippen LogP contribution in [0.2, 0.25) is 0 Å². The minimum absolute atomic E-state index is 0.0486. The lowest BCUT2D eigenvalue weighted by atomic mass is 9.94. The van der Waals surface area contributed by atoms with Crippen LogP contribution < -0.4 is 0 Å². The van der Waals surface area contributed by atoms with Crippen LogP contribution >= 0.6 is 11.6 Å². The number of carbonyl (C=O) groups excluding carboxylic acids is 1. The van der Waals surface area contributed by atoms with Crippen molar-refractivity contribution in [2.45, 2.75) is 39.0 Å². The summed E-state index contributed by atoms with van der Waals surface area (Å²) in [4.78, 5) is 18.7. The van der Waals surface area contributed by atoms with E-state index in [2.05, 4.69) is 4.98 Å². The second-order valence-electron chi connectivity index (χ2n) is 5.48. The smallest absolute Gasteiger partial charge is 0.272 e. The summed E-state index contributed by atoms with van der Waals surface area (Å²) in [5.74, 6) is 0.574. The maximum Gasteiger partial charge on any atom is 0.272 e. The minimum atomic E-state index is 0.0486. The third-order valence-corrected chi connectivity index (χ3v) is 4.15. The Morgan fingerprint density at radius 1 is 1.37 bits per heavy atom. The van der Waals surface area contributed by atoms with E-state index < -0.39 is 0 Å². The summed E-state index contributed by atoms with van der Waals surface area (Å²) in [7, 11) is 0. The molecule has 2 heterocycles. The Hall–Kier alpha value is -1.09. The van der Waals surface area contributed by atoms with Gasteiger partial charge in [0.05, 0.1) is 0 Å². The standard InChI is InChI=1S/C15H21ClN2O/c1-10-8-11(2)17-14(9-10)15(19)18-6-4-13(5-7-18)12(3)16/h8-9,12-13H,4-7H2,1-3H3. The van der Waals surface area contributed by atoms with Crippen LogP contribution in [0.15, 0.2) is 12.1 Å². The first-order chi connectivity index (χ1) is 8.97. The van der Waals surface area contributed by atoms with E-state index in [0.29, 0.717) is 11.6 Å². The average molecular weight is 281 g/mol. The number of likely N-dealkylation sites (tertiary alicyclic amines) is 1. The number of aryl methyl sites for hydroxylation is 2. The molecule has 0 radical (unpaired) electrons. The summed E-state index contributed by atoms with van der Waals surface area (Å²) in [5.41, 5.74) is 2.54. The van der Waals surface area contributed by atoms with Crippen LogP contribution in [0.1, 0.15) is 41.5 Å².